The van der Waals surface area contributed by atoms with Crippen LogP contribution in [-0.4, -0.2) is 20.9 Å². The average molecular weight is 190 g/mol. The van der Waals surface area contributed by atoms with Crippen molar-refractivity contribution < 1.29 is 9.90 Å². The van der Waals surface area contributed by atoms with Gasteiger partial charge in [0.15, 0.2) is 6.29 Å². The van der Waals surface area contributed by atoms with Crippen LogP contribution in [0.1, 0.15) is 15.9 Å². The Morgan fingerprint density at radius 3 is 2.93 bits per heavy atom. The van der Waals surface area contributed by atoms with Crippen molar-refractivity contribution in [2.75, 3.05) is 0 Å². The number of hydrogen-bond acceptors (Lipinski definition) is 3. The summed E-state index contributed by atoms with van der Waals surface area (Å²) in [7, 11) is 1.84. The molecule has 4 heteroatoms. The first kappa shape index (κ1) is 8.74. The fourth-order valence-corrected chi connectivity index (χ4v) is 1.57. The zero-order valence-electron chi connectivity index (χ0n) is 7.98. The van der Waals surface area contributed by atoms with Gasteiger partial charge < -0.3 is 9.67 Å². The average Bonchev–Trinajstić information content (AvgIpc) is 2.49. The summed E-state index contributed by atoms with van der Waals surface area (Å²) in [4.78, 5) is 14.9. The van der Waals surface area contributed by atoms with Crippen LogP contribution in [0.4, 0.5) is 0 Å². The summed E-state index contributed by atoms with van der Waals surface area (Å²) in [6.07, 6.45) is 2.31. The highest BCUT2D eigenvalue weighted by molar-refractivity contribution is 5.92. The Labute approximate surface area is 80.8 Å². The van der Waals surface area contributed by atoms with Crippen molar-refractivity contribution in [2.45, 2.75) is 6.92 Å². The Balaban J connectivity index is 2.94. The normalized spacial score (nSPS) is 10.7. The standard InChI is InChI=1S/C10H10N2O2/c1-6-7(4-13)9(14)3-8-10(6)11-5-12(8)2/h3-5,14H,1-2H3. The van der Waals surface area contributed by atoms with Crippen LogP contribution in [0.2, 0.25) is 0 Å². The second-order valence-electron chi connectivity index (χ2n) is 3.28. The van der Waals surface area contributed by atoms with E-state index >= 15 is 0 Å². The molecule has 0 amide bonds. The Morgan fingerprint density at radius 2 is 2.29 bits per heavy atom. The lowest BCUT2D eigenvalue weighted by Crippen LogP contribution is -1.91. The van der Waals surface area contributed by atoms with E-state index in [0.29, 0.717) is 11.8 Å². The van der Waals surface area contributed by atoms with E-state index < -0.39 is 0 Å². The monoisotopic (exact) mass is 190 g/mol. The molecule has 72 valence electrons. The molecule has 0 spiro atoms. The molecule has 1 aromatic carbocycles. The number of nitrogens with zero attached hydrogens (tertiary/aromatic N) is 2. The minimum absolute atomic E-state index is 0.00796. The van der Waals surface area contributed by atoms with Gasteiger partial charge in [0.2, 0.25) is 0 Å². The summed E-state index contributed by atoms with van der Waals surface area (Å²) in [5.41, 5.74) is 2.62. The van der Waals surface area contributed by atoms with Crippen LogP contribution >= 0.6 is 0 Å². The molecule has 2 rings (SSSR count). The van der Waals surface area contributed by atoms with Crippen LogP contribution < -0.4 is 0 Å². The maximum atomic E-state index is 10.7. The maximum absolute atomic E-state index is 10.7. The van der Waals surface area contributed by atoms with Gasteiger partial charge in [-0.1, -0.05) is 0 Å². The smallest absolute Gasteiger partial charge is 0.154 e. The van der Waals surface area contributed by atoms with Crippen molar-refractivity contribution in [2.24, 2.45) is 7.05 Å². The molecule has 0 saturated carbocycles. The molecule has 0 fully saturated rings. The van der Waals surface area contributed by atoms with Crippen molar-refractivity contribution in [3.05, 3.63) is 23.5 Å². The minimum atomic E-state index is 0.00796. The van der Waals surface area contributed by atoms with E-state index in [1.807, 2.05) is 7.05 Å². The van der Waals surface area contributed by atoms with Crippen molar-refractivity contribution in [1.29, 1.82) is 0 Å². The second-order valence-corrected chi connectivity index (χ2v) is 3.28. The van der Waals surface area contributed by atoms with E-state index in [0.717, 1.165) is 16.6 Å². The number of imidazole rings is 1. The number of aromatic nitrogens is 2. The molecule has 2 aromatic rings. The van der Waals surface area contributed by atoms with Crippen LogP contribution in [0.25, 0.3) is 11.0 Å². The maximum Gasteiger partial charge on any atom is 0.154 e. The summed E-state index contributed by atoms with van der Waals surface area (Å²) < 4.78 is 1.80. The number of fused-ring (bicyclic) bond motifs is 1. The molecule has 14 heavy (non-hydrogen) atoms. The first-order valence-corrected chi connectivity index (χ1v) is 4.24. The van der Waals surface area contributed by atoms with Crippen LogP contribution in [0.3, 0.4) is 0 Å². The fourth-order valence-electron chi connectivity index (χ4n) is 1.57. The number of benzene rings is 1. The van der Waals surface area contributed by atoms with Gasteiger partial charge in [-0.15, -0.1) is 0 Å². The number of aryl methyl sites for hydroxylation is 2. The van der Waals surface area contributed by atoms with E-state index in [4.69, 9.17) is 0 Å². The Morgan fingerprint density at radius 1 is 1.57 bits per heavy atom. The minimum Gasteiger partial charge on any atom is -0.507 e. The summed E-state index contributed by atoms with van der Waals surface area (Å²) in [6.45, 7) is 1.78. The van der Waals surface area contributed by atoms with Crippen LogP contribution in [-0.2, 0) is 7.05 Å². The van der Waals surface area contributed by atoms with Crippen LogP contribution in [0.5, 0.6) is 5.75 Å². The lowest BCUT2D eigenvalue weighted by atomic mass is 10.1. The fraction of sp³-hybridized carbons (Fsp3) is 0.200. The third kappa shape index (κ3) is 1.00. The molecule has 0 aliphatic rings. The molecule has 1 heterocycles. The predicted octanol–water partition coefficient (Wildman–Crippen LogP) is 1.40. The zero-order valence-corrected chi connectivity index (χ0v) is 7.98. The lowest BCUT2D eigenvalue weighted by molar-refractivity contribution is 0.112. The highest BCUT2D eigenvalue weighted by Crippen LogP contribution is 2.27. The number of phenolic OH excluding ortho intramolecular Hbond substituents is 1. The third-order valence-electron chi connectivity index (χ3n) is 2.41. The van der Waals surface area contributed by atoms with Gasteiger partial charge in [-0.3, -0.25) is 4.79 Å². The predicted molar refractivity (Wildman–Crippen MR) is 52.5 cm³/mol. The van der Waals surface area contributed by atoms with Gasteiger partial charge in [0, 0.05) is 13.1 Å². The quantitative estimate of drug-likeness (QED) is 0.691. The molecule has 0 unspecified atom stereocenters. The number of hydrogen-bond donors (Lipinski definition) is 1. The Hall–Kier alpha value is -1.84. The first-order valence-electron chi connectivity index (χ1n) is 4.24. The molecule has 0 atom stereocenters. The molecule has 1 N–H and O–H groups in total. The van der Waals surface area contributed by atoms with Gasteiger partial charge in [-0.2, -0.15) is 0 Å². The number of aldehydes is 1. The summed E-state index contributed by atoms with van der Waals surface area (Å²) >= 11 is 0. The van der Waals surface area contributed by atoms with E-state index in [1.54, 1.807) is 23.9 Å². The molecule has 0 bridgehead atoms. The number of rotatable bonds is 1. The van der Waals surface area contributed by atoms with Gasteiger partial charge in [0.05, 0.1) is 22.9 Å². The van der Waals surface area contributed by atoms with Crippen molar-refractivity contribution in [3.8, 4) is 5.75 Å². The molecular formula is C10H10N2O2. The molecule has 0 aliphatic carbocycles. The SMILES string of the molecule is Cc1c(C=O)c(O)cc2c1ncn2C. The topological polar surface area (TPSA) is 55.1 Å². The zero-order chi connectivity index (χ0) is 10.3. The Kier molecular flexibility index (Phi) is 1.77. The third-order valence-corrected chi connectivity index (χ3v) is 2.41. The highest BCUT2D eigenvalue weighted by atomic mass is 16.3. The van der Waals surface area contributed by atoms with E-state index in [1.165, 1.54) is 0 Å². The summed E-state index contributed by atoms with van der Waals surface area (Å²) in [5, 5.41) is 9.56. The molecule has 0 radical (unpaired) electrons. The summed E-state index contributed by atoms with van der Waals surface area (Å²) in [5.74, 6) is 0.00796. The molecule has 0 aliphatic heterocycles. The van der Waals surface area contributed by atoms with Gasteiger partial charge in [-0.05, 0) is 12.5 Å². The first-order chi connectivity index (χ1) is 6.65. The van der Waals surface area contributed by atoms with Crippen molar-refractivity contribution in [1.82, 2.24) is 9.55 Å². The van der Waals surface area contributed by atoms with Crippen LogP contribution in [0, 0.1) is 6.92 Å². The van der Waals surface area contributed by atoms with Crippen molar-refractivity contribution >= 4 is 17.3 Å². The molecule has 1 aromatic heterocycles. The van der Waals surface area contributed by atoms with E-state index in [2.05, 4.69) is 4.98 Å². The molecule has 0 saturated heterocycles. The Bertz CT molecular complexity index is 514. The van der Waals surface area contributed by atoms with Gasteiger partial charge in [0.1, 0.15) is 5.75 Å². The van der Waals surface area contributed by atoms with E-state index in [9.17, 15) is 9.90 Å². The highest BCUT2D eigenvalue weighted by Gasteiger charge is 2.11. The molecule has 4 nitrogen and oxygen atoms in total. The van der Waals surface area contributed by atoms with Gasteiger partial charge in [-0.25, -0.2) is 4.98 Å². The van der Waals surface area contributed by atoms with Gasteiger partial charge in [0.25, 0.3) is 0 Å². The van der Waals surface area contributed by atoms with Crippen LogP contribution in [0.15, 0.2) is 12.4 Å². The van der Waals surface area contributed by atoms with Crippen molar-refractivity contribution in [3.63, 3.8) is 0 Å². The second kappa shape index (κ2) is 2.83. The lowest BCUT2D eigenvalue weighted by Gasteiger charge is -2.03. The molecular weight excluding hydrogens is 180 g/mol. The van der Waals surface area contributed by atoms with E-state index in [-0.39, 0.29) is 5.75 Å². The largest absolute Gasteiger partial charge is 0.507 e. The number of carbonyl (C=O) groups is 1. The number of carbonyl (C=O) groups excluding carboxylic acids is 1. The number of phenols is 1. The van der Waals surface area contributed by atoms with Gasteiger partial charge >= 0.3 is 0 Å². The summed E-state index contributed by atoms with van der Waals surface area (Å²) in [6, 6.07) is 1.55. The number of aromatic hydroxyl groups is 1.